The highest BCUT2D eigenvalue weighted by molar-refractivity contribution is 7.12. The van der Waals surface area contributed by atoms with Crippen LogP contribution in [-0.4, -0.2) is 36.8 Å². The molecule has 138 valence electrons. The lowest BCUT2D eigenvalue weighted by atomic mass is 9.91. The number of amides is 1. The Morgan fingerprint density at radius 2 is 2.15 bits per heavy atom. The molecule has 1 aromatic heterocycles. The Labute approximate surface area is 158 Å². The Morgan fingerprint density at radius 3 is 2.88 bits per heavy atom. The van der Waals surface area contributed by atoms with Gasteiger partial charge in [-0.1, -0.05) is 12.1 Å². The van der Waals surface area contributed by atoms with E-state index in [4.69, 9.17) is 4.74 Å². The lowest BCUT2D eigenvalue weighted by Gasteiger charge is -2.32. The first-order valence-corrected chi connectivity index (χ1v) is 9.96. The molecule has 1 amide bonds. The van der Waals surface area contributed by atoms with Gasteiger partial charge in [-0.3, -0.25) is 9.59 Å². The van der Waals surface area contributed by atoms with Crippen LogP contribution in [0.3, 0.4) is 0 Å². The Morgan fingerprint density at radius 1 is 1.31 bits per heavy atom. The number of piperidine rings is 1. The van der Waals surface area contributed by atoms with Crippen LogP contribution in [0.4, 0.5) is 0 Å². The van der Waals surface area contributed by atoms with Gasteiger partial charge in [0, 0.05) is 18.5 Å². The molecule has 0 bridgehead atoms. The molecule has 0 N–H and O–H groups in total. The van der Waals surface area contributed by atoms with E-state index in [2.05, 4.69) is 12.1 Å². The van der Waals surface area contributed by atoms with Gasteiger partial charge < -0.3 is 9.64 Å². The average molecular weight is 372 g/mol. The van der Waals surface area contributed by atoms with Crippen molar-refractivity contribution in [3.8, 4) is 5.75 Å². The molecule has 2 heterocycles. The molecule has 5 heteroatoms. The molecule has 1 saturated heterocycles. The maximum atomic E-state index is 12.7. The van der Waals surface area contributed by atoms with E-state index in [1.807, 2.05) is 17.0 Å². The van der Waals surface area contributed by atoms with Crippen molar-refractivity contribution in [2.45, 2.75) is 32.6 Å². The van der Waals surface area contributed by atoms with Crippen LogP contribution in [-0.2, 0) is 6.42 Å². The fourth-order valence-electron chi connectivity index (χ4n) is 3.50. The second kappa shape index (κ2) is 8.49. The topological polar surface area (TPSA) is 46.6 Å². The van der Waals surface area contributed by atoms with E-state index in [1.54, 1.807) is 18.6 Å². The zero-order valence-corrected chi connectivity index (χ0v) is 16.2. The van der Waals surface area contributed by atoms with Crippen LogP contribution in [0.15, 0.2) is 35.7 Å². The zero-order valence-electron chi connectivity index (χ0n) is 15.4. The predicted molar refractivity (Wildman–Crippen MR) is 104 cm³/mol. The smallest absolute Gasteiger partial charge is 0.254 e. The van der Waals surface area contributed by atoms with Crippen molar-refractivity contribution in [3.05, 3.63) is 51.7 Å². The molecular weight excluding hydrogens is 346 g/mol. The summed E-state index contributed by atoms with van der Waals surface area (Å²) >= 11 is 1.35. The summed E-state index contributed by atoms with van der Waals surface area (Å²) < 4.78 is 5.29. The first-order valence-electron chi connectivity index (χ1n) is 9.08. The molecule has 26 heavy (non-hydrogen) atoms. The van der Waals surface area contributed by atoms with Gasteiger partial charge in [0.2, 0.25) is 0 Å². The summed E-state index contributed by atoms with van der Waals surface area (Å²) in [7, 11) is 1.69. The van der Waals surface area contributed by atoms with Crippen molar-refractivity contribution in [2.75, 3.05) is 20.2 Å². The third-order valence-electron chi connectivity index (χ3n) is 4.98. The number of rotatable bonds is 6. The van der Waals surface area contributed by atoms with E-state index < -0.39 is 0 Å². The monoisotopic (exact) mass is 371 g/mol. The van der Waals surface area contributed by atoms with Crippen LogP contribution in [0.1, 0.15) is 51.8 Å². The fraction of sp³-hybridized carbons (Fsp3) is 0.429. The molecule has 0 radical (unpaired) electrons. The number of thiophene rings is 1. The number of nitrogens with zero attached hydrogens (tertiary/aromatic N) is 1. The van der Waals surface area contributed by atoms with Crippen molar-refractivity contribution in [3.63, 3.8) is 0 Å². The van der Waals surface area contributed by atoms with Gasteiger partial charge in [-0.05, 0) is 62.3 Å². The molecule has 0 saturated carbocycles. The van der Waals surface area contributed by atoms with Crippen LogP contribution in [0, 0.1) is 5.92 Å². The molecule has 2 aromatic rings. The lowest BCUT2D eigenvalue weighted by molar-refractivity contribution is 0.0669. The van der Waals surface area contributed by atoms with Gasteiger partial charge in [0.05, 0.1) is 17.6 Å². The molecule has 1 aromatic carbocycles. The van der Waals surface area contributed by atoms with Crippen molar-refractivity contribution >= 4 is 23.0 Å². The second-order valence-corrected chi connectivity index (χ2v) is 7.82. The van der Waals surface area contributed by atoms with Crippen LogP contribution in [0.2, 0.25) is 0 Å². The highest BCUT2D eigenvalue weighted by Gasteiger charge is 2.25. The number of carbonyl (C=O) groups is 2. The highest BCUT2D eigenvalue weighted by Crippen LogP contribution is 2.25. The van der Waals surface area contributed by atoms with Crippen LogP contribution < -0.4 is 4.74 Å². The summed E-state index contributed by atoms with van der Waals surface area (Å²) in [4.78, 5) is 26.8. The van der Waals surface area contributed by atoms with Crippen molar-refractivity contribution in [1.82, 2.24) is 4.90 Å². The van der Waals surface area contributed by atoms with Crippen molar-refractivity contribution in [1.29, 1.82) is 0 Å². The second-order valence-electron chi connectivity index (χ2n) is 6.91. The maximum Gasteiger partial charge on any atom is 0.254 e. The summed E-state index contributed by atoms with van der Waals surface area (Å²) in [6.45, 7) is 3.14. The first kappa shape index (κ1) is 18.6. The van der Waals surface area contributed by atoms with E-state index >= 15 is 0 Å². The summed E-state index contributed by atoms with van der Waals surface area (Å²) in [6, 6.07) is 9.92. The van der Waals surface area contributed by atoms with Gasteiger partial charge in [0.1, 0.15) is 5.75 Å². The lowest BCUT2D eigenvalue weighted by Crippen LogP contribution is -2.39. The Bertz CT molecular complexity index is 783. The average Bonchev–Trinajstić information content (AvgIpc) is 3.17. The summed E-state index contributed by atoms with van der Waals surface area (Å²) in [5.41, 5.74) is 1.92. The maximum absolute atomic E-state index is 12.7. The molecule has 0 aliphatic carbocycles. The number of methoxy groups -OCH3 is 1. The fourth-order valence-corrected chi connectivity index (χ4v) is 4.28. The number of carbonyl (C=O) groups excluding carboxylic acids is 2. The summed E-state index contributed by atoms with van der Waals surface area (Å²) in [5, 5.41) is 1.80. The Hall–Kier alpha value is -2.14. The Kier molecular flexibility index (Phi) is 6.09. The number of hydrogen-bond acceptors (Lipinski definition) is 4. The van der Waals surface area contributed by atoms with E-state index in [9.17, 15) is 9.59 Å². The molecule has 1 atom stereocenters. The first-order chi connectivity index (χ1) is 12.6. The third kappa shape index (κ3) is 4.52. The van der Waals surface area contributed by atoms with Gasteiger partial charge in [0.25, 0.3) is 5.91 Å². The quantitative estimate of drug-likeness (QED) is 0.705. The summed E-state index contributed by atoms with van der Waals surface area (Å²) in [6.07, 6.45) is 4.27. The van der Waals surface area contributed by atoms with Crippen LogP contribution >= 0.6 is 11.3 Å². The van der Waals surface area contributed by atoms with E-state index in [1.165, 1.54) is 23.8 Å². The molecule has 0 spiro atoms. The highest BCUT2D eigenvalue weighted by atomic mass is 32.1. The number of hydrogen-bond donors (Lipinski definition) is 0. The standard InChI is InChI=1S/C21H25NO3S/c1-15(23)20-12-18(14-26-20)21(24)22-10-4-6-17(13-22)9-8-16-5-3-7-19(11-16)25-2/h3,5,7,11-12,14,17H,4,6,8-10,13H2,1-2H3/t17-/m1/s1. The van der Waals surface area contributed by atoms with Crippen LogP contribution in [0.25, 0.3) is 0 Å². The minimum Gasteiger partial charge on any atom is -0.497 e. The van der Waals surface area contributed by atoms with Gasteiger partial charge >= 0.3 is 0 Å². The number of Topliss-reactive ketones (excluding diaryl/α,β-unsaturated/α-hetero) is 1. The van der Waals surface area contributed by atoms with Crippen LogP contribution in [0.5, 0.6) is 5.75 Å². The van der Waals surface area contributed by atoms with E-state index in [-0.39, 0.29) is 11.7 Å². The number of benzene rings is 1. The van der Waals surface area contributed by atoms with Gasteiger partial charge in [-0.2, -0.15) is 0 Å². The number of ether oxygens (including phenoxy) is 1. The number of ketones is 1. The molecule has 0 unspecified atom stereocenters. The third-order valence-corrected chi connectivity index (χ3v) is 6.01. The predicted octanol–water partition coefficient (Wildman–Crippen LogP) is 4.44. The Balaban J connectivity index is 1.57. The molecule has 1 fully saturated rings. The van der Waals surface area contributed by atoms with Gasteiger partial charge in [0.15, 0.2) is 5.78 Å². The molecule has 1 aliphatic rings. The SMILES string of the molecule is COc1cccc(CC[C@H]2CCCN(C(=O)c3csc(C(C)=O)c3)C2)c1. The van der Waals surface area contributed by atoms with E-state index in [0.29, 0.717) is 16.4 Å². The minimum atomic E-state index is 0.0175. The van der Waals surface area contributed by atoms with E-state index in [0.717, 1.165) is 44.5 Å². The number of likely N-dealkylation sites (tertiary alicyclic amines) is 1. The summed E-state index contributed by atoms with van der Waals surface area (Å²) in [5.74, 6) is 1.48. The zero-order chi connectivity index (χ0) is 18.5. The van der Waals surface area contributed by atoms with Crippen molar-refractivity contribution in [2.24, 2.45) is 5.92 Å². The van der Waals surface area contributed by atoms with Crippen molar-refractivity contribution < 1.29 is 14.3 Å². The largest absolute Gasteiger partial charge is 0.497 e. The van der Waals surface area contributed by atoms with Gasteiger partial charge in [-0.15, -0.1) is 11.3 Å². The molecule has 1 aliphatic heterocycles. The molecular formula is C21H25NO3S. The number of aryl methyl sites for hydroxylation is 1. The normalized spacial score (nSPS) is 17.2. The molecule has 3 rings (SSSR count). The molecule has 4 nitrogen and oxygen atoms in total. The van der Waals surface area contributed by atoms with Gasteiger partial charge in [-0.25, -0.2) is 0 Å². The minimum absolute atomic E-state index is 0.0175.